The monoisotopic (exact) mass is 314 g/mol. The Kier molecular flexibility index (Phi) is 5.97. The molecule has 0 unspecified atom stereocenters. The third-order valence-corrected chi connectivity index (χ3v) is 4.24. The van der Waals surface area contributed by atoms with Crippen LogP contribution < -0.4 is 10.6 Å². The minimum atomic E-state index is -0.599. The fraction of sp³-hybridized carbons (Fsp3) is 0.474. The van der Waals surface area contributed by atoms with Crippen LogP contribution in [0.4, 0.5) is 5.69 Å². The van der Waals surface area contributed by atoms with Gasteiger partial charge in [-0.15, -0.1) is 0 Å². The number of aryl methyl sites for hydroxylation is 3. The average Bonchev–Trinajstić information content (AvgIpc) is 2.51. The highest BCUT2D eigenvalue weighted by molar-refractivity contribution is 6.39. The molecule has 23 heavy (non-hydrogen) atoms. The lowest BCUT2D eigenvalue weighted by Gasteiger charge is -2.14. The van der Waals surface area contributed by atoms with E-state index in [0.29, 0.717) is 6.54 Å². The van der Waals surface area contributed by atoms with Crippen LogP contribution in [0.3, 0.4) is 0 Å². The molecule has 0 spiro atoms. The molecule has 1 aromatic rings. The normalized spacial score (nSPS) is 14.1. The molecule has 0 bridgehead atoms. The molecule has 0 saturated heterocycles. The first-order chi connectivity index (χ1) is 11.0. The molecule has 1 aliphatic rings. The minimum absolute atomic E-state index is 0.518. The molecule has 0 aromatic heterocycles. The third-order valence-electron chi connectivity index (χ3n) is 4.24. The summed E-state index contributed by atoms with van der Waals surface area (Å²) < 4.78 is 0. The van der Waals surface area contributed by atoms with Crippen molar-refractivity contribution in [2.24, 2.45) is 0 Å². The van der Waals surface area contributed by atoms with Gasteiger partial charge in [-0.1, -0.05) is 29.3 Å². The molecule has 0 radical (unpaired) electrons. The van der Waals surface area contributed by atoms with E-state index in [4.69, 9.17) is 0 Å². The van der Waals surface area contributed by atoms with E-state index in [9.17, 15) is 9.59 Å². The second kappa shape index (κ2) is 7.95. The quantitative estimate of drug-likeness (QED) is 0.659. The van der Waals surface area contributed by atoms with E-state index in [2.05, 4.69) is 16.7 Å². The standard InChI is InChI=1S/C19H26N2O2/c1-13-11-14(2)17(15(3)12-13)21-19(23)18(22)20-10-9-16-7-5-4-6-8-16/h7,11-12H,4-6,8-10H2,1-3H3,(H,20,22)(H,21,23). The highest BCUT2D eigenvalue weighted by Crippen LogP contribution is 2.22. The Balaban J connectivity index is 1.85. The van der Waals surface area contributed by atoms with E-state index in [1.54, 1.807) is 0 Å². The van der Waals surface area contributed by atoms with Crippen molar-refractivity contribution in [1.82, 2.24) is 5.32 Å². The van der Waals surface area contributed by atoms with Crippen molar-refractivity contribution >= 4 is 17.5 Å². The van der Waals surface area contributed by atoms with Crippen LogP contribution in [0.15, 0.2) is 23.8 Å². The lowest BCUT2D eigenvalue weighted by molar-refractivity contribution is -0.136. The fourth-order valence-corrected chi connectivity index (χ4v) is 3.10. The van der Waals surface area contributed by atoms with E-state index < -0.39 is 11.8 Å². The van der Waals surface area contributed by atoms with E-state index in [-0.39, 0.29) is 0 Å². The second-order valence-corrected chi connectivity index (χ2v) is 6.34. The van der Waals surface area contributed by atoms with Crippen LogP contribution in [0.5, 0.6) is 0 Å². The molecule has 1 aromatic carbocycles. The van der Waals surface area contributed by atoms with Gasteiger partial charge in [0.15, 0.2) is 0 Å². The van der Waals surface area contributed by atoms with Crippen LogP contribution in [0.2, 0.25) is 0 Å². The van der Waals surface area contributed by atoms with E-state index in [0.717, 1.165) is 41.6 Å². The van der Waals surface area contributed by atoms with E-state index in [1.807, 2.05) is 32.9 Å². The SMILES string of the molecule is Cc1cc(C)c(NC(=O)C(=O)NCCC2=CCCCC2)c(C)c1. The van der Waals surface area contributed by atoms with Crippen molar-refractivity contribution in [3.8, 4) is 0 Å². The summed E-state index contributed by atoms with van der Waals surface area (Å²) in [6.07, 6.45) is 7.83. The Morgan fingerprint density at radius 2 is 1.74 bits per heavy atom. The summed E-state index contributed by atoms with van der Waals surface area (Å²) in [5, 5.41) is 5.44. The molecule has 2 amide bonds. The van der Waals surface area contributed by atoms with Crippen molar-refractivity contribution in [3.05, 3.63) is 40.5 Å². The number of hydrogen-bond acceptors (Lipinski definition) is 2. The van der Waals surface area contributed by atoms with E-state index in [1.165, 1.54) is 18.4 Å². The van der Waals surface area contributed by atoms with Crippen LogP contribution in [0, 0.1) is 20.8 Å². The first-order valence-electron chi connectivity index (χ1n) is 8.32. The zero-order valence-corrected chi connectivity index (χ0v) is 14.3. The molecular weight excluding hydrogens is 288 g/mol. The molecule has 0 aliphatic heterocycles. The maximum absolute atomic E-state index is 12.0. The molecule has 124 valence electrons. The van der Waals surface area contributed by atoms with Crippen molar-refractivity contribution < 1.29 is 9.59 Å². The second-order valence-electron chi connectivity index (χ2n) is 6.34. The molecule has 1 aliphatic carbocycles. The number of allylic oxidation sites excluding steroid dienone is 1. The number of nitrogens with one attached hydrogen (secondary N) is 2. The smallest absolute Gasteiger partial charge is 0.313 e. The molecule has 0 saturated carbocycles. The number of amides is 2. The summed E-state index contributed by atoms with van der Waals surface area (Å²) in [7, 11) is 0. The van der Waals surface area contributed by atoms with Crippen molar-refractivity contribution in [2.45, 2.75) is 52.9 Å². The van der Waals surface area contributed by atoms with Crippen LogP contribution in [0.25, 0.3) is 0 Å². The van der Waals surface area contributed by atoms with Gasteiger partial charge in [-0.3, -0.25) is 9.59 Å². The van der Waals surface area contributed by atoms with Gasteiger partial charge >= 0.3 is 11.8 Å². The van der Waals surface area contributed by atoms with Crippen LogP contribution >= 0.6 is 0 Å². The van der Waals surface area contributed by atoms with E-state index >= 15 is 0 Å². The summed E-state index contributed by atoms with van der Waals surface area (Å²) in [6, 6.07) is 3.99. The van der Waals surface area contributed by atoms with Crippen LogP contribution in [-0.4, -0.2) is 18.4 Å². The van der Waals surface area contributed by atoms with Gasteiger partial charge < -0.3 is 10.6 Å². The largest absolute Gasteiger partial charge is 0.348 e. The molecule has 0 atom stereocenters. The van der Waals surface area contributed by atoms with Crippen molar-refractivity contribution in [1.29, 1.82) is 0 Å². The maximum atomic E-state index is 12.0. The zero-order chi connectivity index (χ0) is 16.8. The van der Waals surface area contributed by atoms with Gasteiger partial charge in [-0.25, -0.2) is 0 Å². The Bertz CT molecular complexity index is 609. The van der Waals surface area contributed by atoms with Gasteiger partial charge in [-0.2, -0.15) is 0 Å². The average molecular weight is 314 g/mol. The topological polar surface area (TPSA) is 58.2 Å². The Labute approximate surface area is 138 Å². The molecule has 2 N–H and O–H groups in total. The minimum Gasteiger partial charge on any atom is -0.348 e. The number of hydrogen-bond donors (Lipinski definition) is 2. The fourth-order valence-electron chi connectivity index (χ4n) is 3.10. The highest BCUT2D eigenvalue weighted by atomic mass is 16.2. The highest BCUT2D eigenvalue weighted by Gasteiger charge is 2.16. The molecule has 0 fully saturated rings. The molecule has 4 heteroatoms. The van der Waals surface area contributed by atoms with Gasteiger partial charge in [0.05, 0.1) is 0 Å². The Morgan fingerprint density at radius 3 is 2.35 bits per heavy atom. The van der Waals surface area contributed by atoms with Crippen molar-refractivity contribution in [3.63, 3.8) is 0 Å². The predicted octanol–water partition coefficient (Wildman–Crippen LogP) is 3.56. The van der Waals surface area contributed by atoms with Gasteiger partial charge in [-0.05, 0) is 64.0 Å². The van der Waals surface area contributed by atoms with Gasteiger partial charge in [0.25, 0.3) is 0 Å². The maximum Gasteiger partial charge on any atom is 0.313 e. The molecular formula is C19H26N2O2. The Morgan fingerprint density at radius 1 is 1.04 bits per heavy atom. The molecule has 0 heterocycles. The summed E-state index contributed by atoms with van der Waals surface area (Å²) >= 11 is 0. The first kappa shape index (κ1) is 17.3. The zero-order valence-electron chi connectivity index (χ0n) is 14.3. The van der Waals surface area contributed by atoms with Gasteiger partial charge in [0.1, 0.15) is 0 Å². The number of carbonyl (C=O) groups excluding carboxylic acids is 2. The number of carbonyl (C=O) groups is 2. The van der Waals surface area contributed by atoms with Crippen molar-refractivity contribution in [2.75, 3.05) is 11.9 Å². The van der Waals surface area contributed by atoms with Crippen LogP contribution in [0.1, 0.15) is 48.8 Å². The summed E-state index contributed by atoms with van der Waals surface area (Å²) in [4.78, 5) is 24.0. The predicted molar refractivity (Wildman–Crippen MR) is 93.5 cm³/mol. The summed E-state index contributed by atoms with van der Waals surface area (Å²) in [5.41, 5.74) is 5.20. The summed E-state index contributed by atoms with van der Waals surface area (Å²) in [6.45, 7) is 6.40. The molecule has 2 rings (SSSR count). The third kappa shape index (κ3) is 4.95. The first-order valence-corrected chi connectivity index (χ1v) is 8.32. The number of benzene rings is 1. The lowest BCUT2D eigenvalue weighted by atomic mass is 9.97. The summed E-state index contributed by atoms with van der Waals surface area (Å²) in [5.74, 6) is -1.17. The molecule has 4 nitrogen and oxygen atoms in total. The lowest BCUT2D eigenvalue weighted by Crippen LogP contribution is -2.36. The number of anilines is 1. The van der Waals surface area contributed by atoms with Gasteiger partial charge in [0.2, 0.25) is 0 Å². The number of rotatable bonds is 4. The van der Waals surface area contributed by atoms with Crippen LogP contribution in [-0.2, 0) is 9.59 Å². The van der Waals surface area contributed by atoms with Gasteiger partial charge in [0, 0.05) is 12.2 Å². The Hall–Kier alpha value is -2.10.